The maximum Gasteiger partial charge on any atom is 0.357 e. The first kappa shape index (κ1) is 18.3. The van der Waals surface area contributed by atoms with E-state index in [4.69, 9.17) is 9.78 Å². The second-order valence-corrected chi connectivity index (χ2v) is 7.34. The molecule has 1 saturated heterocycles. The zero-order valence-electron chi connectivity index (χ0n) is 14.9. The van der Waals surface area contributed by atoms with Gasteiger partial charge >= 0.3 is 5.97 Å². The number of rotatable bonds is 5. The van der Waals surface area contributed by atoms with E-state index >= 15 is 0 Å². The number of carbonyl (C=O) groups excluding carboxylic acids is 2. The Bertz CT molecular complexity index is 753. The predicted molar refractivity (Wildman–Crippen MR) is 100 cm³/mol. The monoisotopic (exact) mass is 374 g/mol. The summed E-state index contributed by atoms with van der Waals surface area (Å²) in [6.45, 7) is 6.32. The number of benzene rings is 1. The number of hydrogen-bond acceptors (Lipinski definition) is 6. The van der Waals surface area contributed by atoms with Crippen molar-refractivity contribution in [3.05, 3.63) is 46.7 Å². The van der Waals surface area contributed by atoms with Crippen LogP contribution in [-0.2, 0) is 9.68 Å². The summed E-state index contributed by atoms with van der Waals surface area (Å²) in [4.78, 5) is 38.7. The molecule has 7 heteroatoms. The molecule has 6 nitrogen and oxygen atoms in total. The van der Waals surface area contributed by atoms with Gasteiger partial charge in [-0.25, -0.2) is 4.79 Å². The summed E-state index contributed by atoms with van der Waals surface area (Å²) >= 11 is 1.47. The summed E-state index contributed by atoms with van der Waals surface area (Å²) in [5.74, 6) is -0.0748. The van der Waals surface area contributed by atoms with Crippen LogP contribution >= 0.6 is 11.3 Å². The Morgan fingerprint density at radius 2 is 1.85 bits per heavy atom. The number of thiophene rings is 1. The van der Waals surface area contributed by atoms with E-state index in [1.807, 2.05) is 40.6 Å². The maximum atomic E-state index is 12.4. The molecule has 26 heavy (non-hydrogen) atoms. The quantitative estimate of drug-likeness (QED) is 0.594. The number of piperazine rings is 1. The summed E-state index contributed by atoms with van der Waals surface area (Å²) in [6.07, 6.45) is 0. The van der Waals surface area contributed by atoms with Gasteiger partial charge in [-0.3, -0.25) is 14.6 Å². The first-order valence-corrected chi connectivity index (χ1v) is 9.48. The van der Waals surface area contributed by atoms with Crippen LogP contribution in [-0.4, -0.2) is 43.0 Å². The summed E-state index contributed by atoms with van der Waals surface area (Å²) in [5, 5.41) is 1.92. The van der Waals surface area contributed by atoms with E-state index in [2.05, 4.69) is 4.90 Å². The lowest BCUT2D eigenvalue weighted by atomic mass is 10.2. The number of anilines is 1. The second kappa shape index (κ2) is 8.23. The van der Waals surface area contributed by atoms with Crippen molar-refractivity contribution in [1.29, 1.82) is 0 Å². The standard InChI is InChI=1S/C19H22N2O4S/c1-14(2)19(23)25-24-16-6-3-5-15(13-16)20-8-10-21(11-9-20)18(22)17-7-4-12-26-17/h3-7,12-14H,8-11H2,1-2H3. The summed E-state index contributed by atoms with van der Waals surface area (Å²) in [6, 6.07) is 11.2. The highest BCUT2D eigenvalue weighted by Gasteiger charge is 2.23. The van der Waals surface area contributed by atoms with Gasteiger partial charge < -0.3 is 9.80 Å². The van der Waals surface area contributed by atoms with E-state index in [-0.39, 0.29) is 11.8 Å². The number of carbonyl (C=O) groups is 2. The van der Waals surface area contributed by atoms with Crippen molar-refractivity contribution < 1.29 is 19.4 Å². The Kier molecular flexibility index (Phi) is 5.78. The number of nitrogens with zero attached hydrogens (tertiary/aromatic N) is 2. The third kappa shape index (κ3) is 4.35. The van der Waals surface area contributed by atoms with Crippen LogP contribution in [0.5, 0.6) is 5.75 Å². The van der Waals surface area contributed by atoms with Gasteiger partial charge in [0.1, 0.15) is 0 Å². The van der Waals surface area contributed by atoms with E-state index in [0.717, 1.165) is 23.7 Å². The lowest BCUT2D eigenvalue weighted by Crippen LogP contribution is -2.48. The summed E-state index contributed by atoms with van der Waals surface area (Å²) in [7, 11) is 0. The average molecular weight is 374 g/mol. The normalized spacial score (nSPS) is 14.4. The molecule has 0 unspecified atom stereocenters. The van der Waals surface area contributed by atoms with E-state index in [0.29, 0.717) is 18.8 Å². The van der Waals surface area contributed by atoms with Gasteiger partial charge in [0.2, 0.25) is 0 Å². The van der Waals surface area contributed by atoms with Crippen molar-refractivity contribution in [2.75, 3.05) is 31.1 Å². The van der Waals surface area contributed by atoms with Gasteiger partial charge in [-0.2, -0.15) is 0 Å². The van der Waals surface area contributed by atoms with Crippen molar-refractivity contribution in [2.45, 2.75) is 13.8 Å². The molecule has 1 aliphatic rings. The van der Waals surface area contributed by atoms with Crippen molar-refractivity contribution in [3.63, 3.8) is 0 Å². The molecular weight excluding hydrogens is 352 g/mol. The smallest absolute Gasteiger partial charge is 0.357 e. The molecular formula is C19H22N2O4S. The molecule has 0 radical (unpaired) electrons. The third-order valence-corrected chi connectivity index (χ3v) is 5.03. The summed E-state index contributed by atoms with van der Waals surface area (Å²) in [5.41, 5.74) is 0.978. The Morgan fingerprint density at radius 1 is 1.08 bits per heavy atom. The molecule has 2 aromatic rings. The fourth-order valence-electron chi connectivity index (χ4n) is 2.64. The topological polar surface area (TPSA) is 59.1 Å². The van der Waals surface area contributed by atoms with Crippen LogP contribution in [0.4, 0.5) is 5.69 Å². The largest absolute Gasteiger partial charge is 0.368 e. The molecule has 0 bridgehead atoms. The van der Waals surface area contributed by atoms with Crippen LogP contribution in [0.25, 0.3) is 0 Å². The molecule has 1 fully saturated rings. The highest BCUT2D eigenvalue weighted by atomic mass is 32.1. The maximum absolute atomic E-state index is 12.4. The van der Waals surface area contributed by atoms with Gasteiger partial charge in [0.05, 0.1) is 10.8 Å². The minimum atomic E-state index is -0.406. The highest BCUT2D eigenvalue weighted by molar-refractivity contribution is 7.12. The minimum Gasteiger partial charge on any atom is -0.368 e. The van der Waals surface area contributed by atoms with Gasteiger partial charge in [-0.05, 0) is 23.6 Å². The van der Waals surface area contributed by atoms with Crippen molar-refractivity contribution in [1.82, 2.24) is 4.90 Å². The van der Waals surface area contributed by atoms with Gasteiger partial charge in [0, 0.05) is 37.9 Å². The zero-order valence-corrected chi connectivity index (χ0v) is 15.7. The second-order valence-electron chi connectivity index (χ2n) is 6.39. The molecule has 0 aliphatic carbocycles. The Balaban J connectivity index is 1.56. The molecule has 138 valence electrons. The van der Waals surface area contributed by atoms with Gasteiger partial charge in [0.15, 0.2) is 5.75 Å². The molecule has 1 aliphatic heterocycles. The first-order valence-electron chi connectivity index (χ1n) is 8.61. The minimum absolute atomic E-state index is 0.0948. The van der Waals surface area contributed by atoms with Crippen LogP contribution in [0, 0.1) is 5.92 Å². The van der Waals surface area contributed by atoms with Gasteiger partial charge in [-0.1, -0.05) is 26.0 Å². The average Bonchev–Trinajstić information content (AvgIpc) is 3.20. The molecule has 1 aromatic heterocycles. The van der Waals surface area contributed by atoms with Crippen molar-refractivity contribution in [2.24, 2.45) is 5.92 Å². The molecule has 0 spiro atoms. The van der Waals surface area contributed by atoms with Crippen LogP contribution in [0.15, 0.2) is 41.8 Å². The highest BCUT2D eigenvalue weighted by Crippen LogP contribution is 2.23. The molecule has 3 rings (SSSR count). The van der Waals surface area contributed by atoms with E-state index in [9.17, 15) is 9.59 Å². The first-order chi connectivity index (χ1) is 12.5. The van der Waals surface area contributed by atoms with Crippen molar-refractivity contribution in [3.8, 4) is 5.75 Å². The lowest BCUT2D eigenvalue weighted by molar-refractivity contribution is -0.217. The van der Waals surface area contributed by atoms with Crippen LogP contribution in [0.3, 0.4) is 0 Å². The molecule has 0 saturated carbocycles. The molecule has 1 amide bonds. The fraction of sp³-hybridized carbons (Fsp3) is 0.368. The van der Waals surface area contributed by atoms with E-state index in [1.165, 1.54) is 11.3 Å². The van der Waals surface area contributed by atoms with Crippen LogP contribution in [0.2, 0.25) is 0 Å². The van der Waals surface area contributed by atoms with Gasteiger partial charge in [0.25, 0.3) is 5.91 Å². The van der Waals surface area contributed by atoms with Gasteiger partial charge in [-0.15, -0.1) is 11.3 Å². The van der Waals surface area contributed by atoms with Crippen LogP contribution < -0.4 is 9.79 Å². The van der Waals surface area contributed by atoms with E-state index < -0.39 is 5.97 Å². The Labute approximate surface area is 156 Å². The number of amides is 1. The lowest BCUT2D eigenvalue weighted by Gasteiger charge is -2.36. The molecule has 0 N–H and O–H groups in total. The molecule has 0 atom stereocenters. The third-order valence-electron chi connectivity index (χ3n) is 4.17. The Morgan fingerprint density at radius 3 is 2.50 bits per heavy atom. The fourth-order valence-corrected chi connectivity index (χ4v) is 3.33. The van der Waals surface area contributed by atoms with Crippen LogP contribution in [0.1, 0.15) is 23.5 Å². The van der Waals surface area contributed by atoms with E-state index in [1.54, 1.807) is 19.9 Å². The zero-order chi connectivity index (χ0) is 18.5. The summed E-state index contributed by atoms with van der Waals surface area (Å²) < 4.78 is 0. The Hall–Kier alpha value is -2.54. The SMILES string of the molecule is CC(C)C(=O)OOc1cccc(N2CCN(C(=O)c3cccs3)CC2)c1. The molecule has 2 heterocycles. The predicted octanol–water partition coefficient (Wildman–Crippen LogP) is 3.20. The molecule has 1 aromatic carbocycles. The number of hydrogen-bond donors (Lipinski definition) is 0. The van der Waals surface area contributed by atoms with Crippen molar-refractivity contribution >= 4 is 28.9 Å².